The van der Waals surface area contributed by atoms with Crippen molar-refractivity contribution in [1.82, 2.24) is 5.32 Å². The van der Waals surface area contributed by atoms with Crippen molar-refractivity contribution in [3.8, 4) is 0 Å². The minimum atomic E-state index is 0.534. The van der Waals surface area contributed by atoms with Crippen LogP contribution in [0.2, 0.25) is 0 Å². The van der Waals surface area contributed by atoms with E-state index < -0.39 is 0 Å². The molecule has 0 aromatic heterocycles. The van der Waals surface area contributed by atoms with Crippen molar-refractivity contribution >= 4 is 31.9 Å². The van der Waals surface area contributed by atoms with Gasteiger partial charge in [0.05, 0.1) is 0 Å². The molecule has 0 saturated carbocycles. The van der Waals surface area contributed by atoms with Crippen molar-refractivity contribution < 1.29 is 0 Å². The summed E-state index contributed by atoms with van der Waals surface area (Å²) in [6.45, 7) is 1.15. The van der Waals surface area contributed by atoms with E-state index >= 15 is 0 Å². The van der Waals surface area contributed by atoms with Crippen LogP contribution < -0.4 is 5.32 Å². The predicted octanol–water partition coefficient (Wildman–Crippen LogP) is 4.03. The van der Waals surface area contributed by atoms with E-state index in [-0.39, 0.29) is 0 Å². The van der Waals surface area contributed by atoms with Gasteiger partial charge >= 0.3 is 0 Å². The molecule has 1 saturated heterocycles. The molecule has 0 unspecified atom stereocenters. The molecule has 1 heterocycles. The first-order valence-corrected chi connectivity index (χ1v) is 6.54. The highest BCUT2D eigenvalue weighted by Crippen LogP contribution is 2.30. The molecule has 1 aliphatic rings. The van der Waals surface area contributed by atoms with E-state index in [1.54, 1.807) is 0 Å². The highest BCUT2D eigenvalue weighted by Gasteiger charge is 2.16. The maximum atomic E-state index is 3.61. The Labute approximate surface area is 102 Å². The van der Waals surface area contributed by atoms with Crippen LogP contribution in [0, 0.1) is 0 Å². The Morgan fingerprint density at radius 3 is 2.71 bits per heavy atom. The summed E-state index contributed by atoms with van der Waals surface area (Å²) >= 11 is 7.08. The van der Waals surface area contributed by atoms with Crippen molar-refractivity contribution in [2.45, 2.75) is 25.3 Å². The fraction of sp³-hybridized carbons (Fsp3) is 0.455. The molecule has 0 amide bonds. The first-order valence-electron chi connectivity index (χ1n) is 4.96. The van der Waals surface area contributed by atoms with Gasteiger partial charge in [-0.3, -0.25) is 0 Å². The van der Waals surface area contributed by atoms with E-state index in [1.165, 1.54) is 29.3 Å². The number of hydrogen-bond acceptors (Lipinski definition) is 1. The number of halogens is 2. The number of nitrogens with one attached hydrogen (secondary N) is 1. The van der Waals surface area contributed by atoms with Gasteiger partial charge in [-0.1, -0.05) is 44.3 Å². The van der Waals surface area contributed by atoms with Gasteiger partial charge in [0, 0.05) is 15.0 Å². The van der Waals surface area contributed by atoms with Gasteiger partial charge < -0.3 is 5.32 Å². The van der Waals surface area contributed by atoms with Crippen LogP contribution in [0.3, 0.4) is 0 Å². The van der Waals surface area contributed by atoms with Crippen molar-refractivity contribution in [3.05, 3.63) is 32.7 Å². The fourth-order valence-corrected chi connectivity index (χ4v) is 3.22. The molecule has 1 atom stereocenters. The SMILES string of the molecule is Brc1ccc([C@H]2CCCCN2)c(Br)c1. The van der Waals surface area contributed by atoms with E-state index in [4.69, 9.17) is 0 Å². The Morgan fingerprint density at radius 1 is 1.21 bits per heavy atom. The predicted molar refractivity (Wildman–Crippen MR) is 66.4 cm³/mol. The number of piperidine rings is 1. The highest BCUT2D eigenvalue weighted by molar-refractivity contribution is 9.11. The summed E-state index contributed by atoms with van der Waals surface area (Å²) in [5.74, 6) is 0. The van der Waals surface area contributed by atoms with E-state index in [0.29, 0.717) is 6.04 Å². The van der Waals surface area contributed by atoms with E-state index in [2.05, 4.69) is 55.4 Å². The maximum absolute atomic E-state index is 3.61. The Morgan fingerprint density at radius 2 is 2.07 bits per heavy atom. The molecule has 1 N–H and O–H groups in total. The molecule has 0 aliphatic carbocycles. The Bertz CT molecular complexity index is 319. The van der Waals surface area contributed by atoms with Crippen LogP contribution in [0.4, 0.5) is 0 Å². The minimum Gasteiger partial charge on any atom is -0.310 e. The maximum Gasteiger partial charge on any atom is 0.0331 e. The van der Waals surface area contributed by atoms with Crippen LogP contribution in [0.5, 0.6) is 0 Å². The largest absolute Gasteiger partial charge is 0.310 e. The zero-order chi connectivity index (χ0) is 9.97. The molecule has 14 heavy (non-hydrogen) atoms. The molecule has 0 bridgehead atoms. The van der Waals surface area contributed by atoms with Crippen LogP contribution in [0.15, 0.2) is 27.1 Å². The lowest BCUT2D eigenvalue weighted by atomic mass is 9.98. The third-order valence-electron chi connectivity index (χ3n) is 2.65. The molecule has 76 valence electrons. The molecule has 1 nitrogen and oxygen atoms in total. The molecule has 1 fully saturated rings. The van der Waals surface area contributed by atoms with Crippen LogP contribution in [-0.2, 0) is 0 Å². The lowest BCUT2D eigenvalue weighted by molar-refractivity contribution is 0.411. The van der Waals surface area contributed by atoms with Gasteiger partial charge in [0.15, 0.2) is 0 Å². The fourth-order valence-electron chi connectivity index (χ4n) is 1.90. The molecule has 1 aliphatic heterocycles. The molecule has 1 aromatic rings. The summed E-state index contributed by atoms with van der Waals surface area (Å²) in [5.41, 5.74) is 1.38. The average Bonchev–Trinajstić information content (AvgIpc) is 2.19. The van der Waals surface area contributed by atoms with Crippen LogP contribution in [0.1, 0.15) is 30.9 Å². The monoisotopic (exact) mass is 317 g/mol. The molecule has 2 rings (SSSR count). The van der Waals surface area contributed by atoms with Crippen molar-refractivity contribution in [1.29, 1.82) is 0 Å². The van der Waals surface area contributed by atoms with Crippen LogP contribution in [0.25, 0.3) is 0 Å². The Kier molecular flexibility index (Phi) is 3.63. The first kappa shape index (κ1) is 10.7. The Hall–Kier alpha value is 0.140. The van der Waals surface area contributed by atoms with E-state index in [0.717, 1.165) is 11.0 Å². The normalized spacial score (nSPS) is 22.3. The average molecular weight is 319 g/mol. The molecular formula is C11H13Br2N. The van der Waals surface area contributed by atoms with Crippen molar-refractivity contribution in [3.63, 3.8) is 0 Å². The van der Waals surface area contributed by atoms with Crippen molar-refractivity contribution in [2.75, 3.05) is 6.54 Å². The van der Waals surface area contributed by atoms with Gasteiger partial charge in [0.2, 0.25) is 0 Å². The summed E-state index contributed by atoms with van der Waals surface area (Å²) in [6, 6.07) is 6.95. The number of hydrogen-bond donors (Lipinski definition) is 1. The molecule has 0 radical (unpaired) electrons. The zero-order valence-electron chi connectivity index (χ0n) is 7.89. The second kappa shape index (κ2) is 4.77. The third kappa shape index (κ3) is 2.38. The lowest BCUT2D eigenvalue weighted by Gasteiger charge is -2.24. The van der Waals surface area contributed by atoms with Crippen molar-refractivity contribution in [2.24, 2.45) is 0 Å². The van der Waals surface area contributed by atoms with Gasteiger partial charge in [-0.25, -0.2) is 0 Å². The summed E-state index contributed by atoms with van der Waals surface area (Å²) < 4.78 is 2.33. The van der Waals surface area contributed by atoms with Gasteiger partial charge in [-0.2, -0.15) is 0 Å². The summed E-state index contributed by atoms with van der Waals surface area (Å²) in [7, 11) is 0. The smallest absolute Gasteiger partial charge is 0.0331 e. The second-order valence-corrected chi connectivity index (χ2v) is 5.44. The standard InChI is InChI=1S/C11H13Br2N/c12-8-4-5-9(10(13)7-8)11-3-1-2-6-14-11/h4-5,7,11,14H,1-3,6H2/t11-/m1/s1. The molecule has 3 heteroatoms. The summed E-state index contributed by atoms with van der Waals surface area (Å²) in [4.78, 5) is 0. The summed E-state index contributed by atoms with van der Waals surface area (Å²) in [5, 5.41) is 3.55. The lowest BCUT2D eigenvalue weighted by Crippen LogP contribution is -2.26. The highest BCUT2D eigenvalue weighted by atomic mass is 79.9. The van der Waals surface area contributed by atoms with Crippen LogP contribution in [-0.4, -0.2) is 6.54 Å². The first-order chi connectivity index (χ1) is 6.77. The zero-order valence-corrected chi connectivity index (χ0v) is 11.1. The van der Waals surface area contributed by atoms with Gasteiger partial charge in [0.1, 0.15) is 0 Å². The number of rotatable bonds is 1. The second-order valence-electron chi connectivity index (χ2n) is 3.67. The van der Waals surface area contributed by atoms with Gasteiger partial charge in [0.25, 0.3) is 0 Å². The molecular weight excluding hydrogens is 306 g/mol. The quantitative estimate of drug-likeness (QED) is 0.824. The van der Waals surface area contributed by atoms with E-state index in [1.807, 2.05) is 0 Å². The van der Waals surface area contributed by atoms with Gasteiger partial charge in [-0.15, -0.1) is 0 Å². The molecule has 0 spiro atoms. The topological polar surface area (TPSA) is 12.0 Å². The Balaban J connectivity index is 2.22. The summed E-state index contributed by atoms with van der Waals surface area (Å²) in [6.07, 6.45) is 3.89. The number of benzene rings is 1. The molecule has 1 aromatic carbocycles. The van der Waals surface area contributed by atoms with E-state index in [9.17, 15) is 0 Å². The van der Waals surface area contributed by atoms with Crippen LogP contribution >= 0.6 is 31.9 Å². The van der Waals surface area contributed by atoms with Gasteiger partial charge in [-0.05, 0) is 37.1 Å². The third-order valence-corrected chi connectivity index (χ3v) is 3.83. The minimum absolute atomic E-state index is 0.534.